The number of anilines is 1. The van der Waals surface area contributed by atoms with Crippen molar-refractivity contribution in [1.82, 2.24) is 5.32 Å². The minimum Gasteiger partial charge on any atom is -0.343 e. The Kier molecular flexibility index (Phi) is 5.48. The van der Waals surface area contributed by atoms with Crippen molar-refractivity contribution in [2.24, 2.45) is 0 Å². The molecule has 0 bridgehead atoms. The Morgan fingerprint density at radius 1 is 1.08 bits per heavy atom. The van der Waals surface area contributed by atoms with Crippen molar-refractivity contribution in [3.05, 3.63) is 59.7 Å². The van der Waals surface area contributed by atoms with Gasteiger partial charge in [0.05, 0.1) is 17.0 Å². The van der Waals surface area contributed by atoms with Crippen LogP contribution in [-0.2, 0) is 14.6 Å². The van der Waals surface area contributed by atoms with E-state index in [0.717, 1.165) is 18.4 Å². The lowest BCUT2D eigenvalue weighted by atomic mass is 10.2. The molecule has 0 spiro atoms. The molecule has 2 rings (SSSR count). The third-order valence-electron chi connectivity index (χ3n) is 3.13. The van der Waals surface area contributed by atoms with E-state index >= 15 is 0 Å². The van der Waals surface area contributed by atoms with Crippen LogP contribution in [0.1, 0.15) is 10.4 Å². The molecule has 0 heterocycles. The van der Waals surface area contributed by atoms with Crippen LogP contribution in [0, 0.1) is 11.6 Å². The topological polar surface area (TPSA) is 92.3 Å². The van der Waals surface area contributed by atoms with E-state index in [1.807, 2.05) is 0 Å². The summed E-state index contributed by atoms with van der Waals surface area (Å²) in [5.74, 6) is -3.38. The van der Waals surface area contributed by atoms with Crippen LogP contribution in [0.25, 0.3) is 0 Å². The first-order valence-electron chi connectivity index (χ1n) is 7.00. The van der Waals surface area contributed by atoms with E-state index in [4.69, 9.17) is 0 Å². The Hall–Kier alpha value is -2.81. The van der Waals surface area contributed by atoms with Crippen molar-refractivity contribution < 1.29 is 26.8 Å². The van der Waals surface area contributed by atoms with Gasteiger partial charge in [0.25, 0.3) is 5.91 Å². The van der Waals surface area contributed by atoms with Crippen LogP contribution in [-0.4, -0.2) is 33.0 Å². The summed E-state index contributed by atoms with van der Waals surface area (Å²) in [7, 11) is -3.42. The second-order valence-corrected chi connectivity index (χ2v) is 7.17. The number of hydrogen-bond donors (Lipinski definition) is 2. The second-order valence-electron chi connectivity index (χ2n) is 5.16. The zero-order valence-electron chi connectivity index (χ0n) is 13.0. The van der Waals surface area contributed by atoms with Crippen LogP contribution in [0.4, 0.5) is 14.5 Å². The number of rotatable bonds is 5. The summed E-state index contributed by atoms with van der Waals surface area (Å²) in [6, 6.07) is 8.04. The maximum absolute atomic E-state index is 13.5. The van der Waals surface area contributed by atoms with Crippen LogP contribution in [0.2, 0.25) is 0 Å². The largest absolute Gasteiger partial charge is 0.343 e. The average Bonchev–Trinajstić information content (AvgIpc) is 2.52. The summed E-state index contributed by atoms with van der Waals surface area (Å²) in [4.78, 5) is 23.6. The van der Waals surface area contributed by atoms with Gasteiger partial charge in [-0.3, -0.25) is 9.59 Å². The van der Waals surface area contributed by atoms with Gasteiger partial charge < -0.3 is 10.6 Å². The smallest absolute Gasteiger partial charge is 0.254 e. The third-order valence-corrected chi connectivity index (χ3v) is 4.24. The zero-order chi connectivity index (χ0) is 18.6. The molecule has 0 radical (unpaired) electrons. The SMILES string of the molecule is CS(=O)(=O)c1cccc(NC(=O)CNC(=O)c2ccc(F)cc2F)c1. The Labute approximate surface area is 142 Å². The predicted octanol–water partition coefficient (Wildman–Crippen LogP) is 1.74. The van der Waals surface area contributed by atoms with Gasteiger partial charge in [-0.15, -0.1) is 0 Å². The number of carbonyl (C=O) groups excluding carboxylic acids is 2. The molecule has 0 saturated carbocycles. The lowest BCUT2D eigenvalue weighted by molar-refractivity contribution is -0.115. The fourth-order valence-electron chi connectivity index (χ4n) is 1.94. The molecular weight excluding hydrogens is 354 g/mol. The van der Waals surface area contributed by atoms with Crippen LogP contribution >= 0.6 is 0 Å². The summed E-state index contributed by atoms with van der Waals surface area (Å²) in [6.07, 6.45) is 1.03. The maximum atomic E-state index is 13.5. The number of halogens is 2. The van der Waals surface area contributed by atoms with Crippen molar-refractivity contribution in [1.29, 1.82) is 0 Å². The lowest BCUT2D eigenvalue weighted by Gasteiger charge is -2.08. The van der Waals surface area contributed by atoms with Crippen LogP contribution in [0.5, 0.6) is 0 Å². The molecule has 0 aromatic heterocycles. The molecule has 2 aromatic carbocycles. The molecule has 25 heavy (non-hydrogen) atoms. The first kappa shape index (κ1) is 18.5. The average molecular weight is 368 g/mol. The van der Waals surface area contributed by atoms with Gasteiger partial charge in [-0.25, -0.2) is 17.2 Å². The van der Waals surface area contributed by atoms with E-state index in [2.05, 4.69) is 10.6 Å². The van der Waals surface area contributed by atoms with Crippen molar-refractivity contribution in [2.75, 3.05) is 18.1 Å². The second kappa shape index (κ2) is 7.39. The van der Waals surface area contributed by atoms with E-state index in [-0.39, 0.29) is 10.6 Å². The van der Waals surface area contributed by atoms with Gasteiger partial charge in [0.15, 0.2) is 9.84 Å². The van der Waals surface area contributed by atoms with Gasteiger partial charge in [0.1, 0.15) is 11.6 Å². The quantitative estimate of drug-likeness (QED) is 0.841. The summed E-state index contributed by atoms with van der Waals surface area (Å²) in [6.45, 7) is -0.473. The van der Waals surface area contributed by atoms with Gasteiger partial charge in [-0.05, 0) is 30.3 Å². The molecule has 0 aliphatic heterocycles. The van der Waals surface area contributed by atoms with Gasteiger partial charge in [0, 0.05) is 18.0 Å². The number of carbonyl (C=O) groups is 2. The maximum Gasteiger partial charge on any atom is 0.254 e. The van der Waals surface area contributed by atoms with Crippen LogP contribution in [0.3, 0.4) is 0 Å². The van der Waals surface area contributed by atoms with Crippen molar-refractivity contribution in [3.8, 4) is 0 Å². The molecule has 0 aliphatic rings. The molecule has 0 fully saturated rings. The highest BCUT2D eigenvalue weighted by Crippen LogP contribution is 2.15. The monoisotopic (exact) mass is 368 g/mol. The minimum atomic E-state index is -3.42. The molecule has 2 aromatic rings. The number of benzene rings is 2. The third kappa shape index (κ3) is 5.08. The van der Waals surface area contributed by atoms with E-state index in [9.17, 15) is 26.8 Å². The van der Waals surface area contributed by atoms with Crippen LogP contribution in [0.15, 0.2) is 47.4 Å². The standard InChI is InChI=1S/C16H14F2N2O4S/c1-25(23,24)12-4-2-3-11(8-12)20-15(21)9-19-16(22)13-6-5-10(17)7-14(13)18/h2-8H,9H2,1H3,(H,19,22)(H,20,21). The molecule has 0 saturated heterocycles. The summed E-state index contributed by atoms with van der Waals surface area (Å²) < 4.78 is 49.2. The van der Waals surface area contributed by atoms with E-state index in [1.54, 1.807) is 0 Å². The van der Waals surface area contributed by atoms with Gasteiger partial charge in [-0.2, -0.15) is 0 Å². The molecule has 0 atom stereocenters. The minimum absolute atomic E-state index is 0.0303. The van der Waals surface area contributed by atoms with Gasteiger partial charge in [0.2, 0.25) is 5.91 Å². The normalized spacial score (nSPS) is 11.0. The highest BCUT2D eigenvalue weighted by Gasteiger charge is 2.14. The fourth-order valence-corrected chi connectivity index (χ4v) is 2.61. The summed E-state index contributed by atoms with van der Waals surface area (Å²) >= 11 is 0. The number of hydrogen-bond acceptors (Lipinski definition) is 4. The zero-order valence-corrected chi connectivity index (χ0v) is 13.9. The Bertz CT molecular complexity index is 929. The highest BCUT2D eigenvalue weighted by molar-refractivity contribution is 7.90. The molecule has 2 N–H and O–H groups in total. The van der Waals surface area contributed by atoms with Crippen molar-refractivity contribution in [3.63, 3.8) is 0 Å². The van der Waals surface area contributed by atoms with Gasteiger partial charge in [-0.1, -0.05) is 6.07 Å². The summed E-state index contributed by atoms with van der Waals surface area (Å²) in [5, 5.41) is 4.61. The van der Waals surface area contributed by atoms with E-state index < -0.39 is 45.4 Å². The number of nitrogens with one attached hydrogen (secondary N) is 2. The molecule has 2 amide bonds. The molecule has 9 heteroatoms. The number of sulfone groups is 1. The fraction of sp³-hybridized carbons (Fsp3) is 0.125. The Morgan fingerprint density at radius 2 is 1.80 bits per heavy atom. The molecule has 0 aliphatic carbocycles. The molecule has 0 unspecified atom stereocenters. The van der Waals surface area contributed by atoms with Crippen molar-refractivity contribution in [2.45, 2.75) is 4.90 Å². The highest BCUT2D eigenvalue weighted by atomic mass is 32.2. The molecule has 132 valence electrons. The Balaban J connectivity index is 1.98. The first-order valence-corrected chi connectivity index (χ1v) is 8.89. The lowest BCUT2D eigenvalue weighted by Crippen LogP contribution is -2.33. The molecular formula is C16H14F2N2O4S. The summed E-state index contributed by atoms with van der Waals surface area (Å²) in [5.41, 5.74) is -0.164. The van der Waals surface area contributed by atoms with Crippen LogP contribution < -0.4 is 10.6 Å². The van der Waals surface area contributed by atoms with E-state index in [1.165, 1.54) is 24.3 Å². The van der Waals surface area contributed by atoms with Crippen molar-refractivity contribution >= 4 is 27.3 Å². The first-order chi connectivity index (χ1) is 11.7. The van der Waals surface area contributed by atoms with E-state index in [0.29, 0.717) is 6.07 Å². The predicted molar refractivity (Wildman–Crippen MR) is 86.9 cm³/mol. The molecule has 6 nitrogen and oxygen atoms in total. The number of amides is 2. The van der Waals surface area contributed by atoms with Gasteiger partial charge >= 0.3 is 0 Å². The Morgan fingerprint density at radius 3 is 2.44 bits per heavy atom.